The minimum Gasteiger partial charge on any atom is -0.475 e. The average molecular weight is 337 g/mol. The molecule has 3 rings (SSSR count). The van der Waals surface area contributed by atoms with Crippen LogP contribution < -0.4 is 4.72 Å². The Morgan fingerprint density at radius 2 is 2.05 bits per heavy atom. The lowest BCUT2D eigenvalue weighted by Gasteiger charge is -2.07. The largest absolute Gasteiger partial charge is 0.475 e. The minimum atomic E-state index is -3.71. The van der Waals surface area contributed by atoms with Crippen molar-refractivity contribution in [3.8, 4) is 0 Å². The van der Waals surface area contributed by atoms with Crippen LogP contribution in [0.25, 0.3) is 11.0 Å². The van der Waals surface area contributed by atoms with E-state index in [1.165, 1.54) is 6.07 Å². The lowest BCUT2D eigenvalue weighted by Crippen LogP contribution is -2.11. The highest BCUT2D eigenvalue weighted by Crippen LogP contribution is 2.33. The molecule has 0 saturated heterocycles. The second kappa shape index (κ2) is 5.15. The van der Waals surface area contributed by atoms with Crippen LogP contribution in [0.5, 0.6) is 0 Å². The smallest absolute Gasteiger partial charge is 0.372 e. The first kappa shape index (κ1) is 14.6. The molecule has 1 aromatic carbocycles. The third-order valence-electron chi connectivity index (χ3n) is 3.15. The molecule has 0 fully saturated rings. The summed E-state index contributed by atoms with van der Waals surface area (Å²) in [5.74, 6) is -1.39. The molecule has 114 valence electrons. The molecule has 22 heavy (non-hydrogen) atoms. The number of aryl methyl sites for hydroxylation is 1. The number of sulfonamides is 1. The van der Waals surface area contributed by atoms with Crippen molar-refractivity contribution in [3.05, 3.63) is 47.0 Å². The Labute approximate surface area is 130 Å². The Hall–Kier alpha value is -2.32. The van der Waals surface area contributed by atoms with Crippen LogP contribution in [0.1, 0.15) is 16.1 Å². The summed E-state index contributed by atoms with van der Waals surface area (Å²) in [4.78, 5) is 11.1. The summed E-state index contributed by atoms with van der Waals surface area (Å²) in [6.07, 6.45) is 0. The van der Waals surface area contributed by atoms with Crippen LogP contribution in [0.3, 0.4) is 0 Å². The first-order chi connectivity index (χ1) is 10.4. The van der Waals surface area contributed by atoms with Crippen LogP contribution >= 0.6 is 11.3 Å². The van der Waals surface area contributed by atoms with Crippen LogP contribution in [-0.4, -0.2) is 19.5 Å². The molecule has 0 aliphatic carbocycles. The van der Waals surface area contributed by atoms with Gasteiger partial charge in [-0.05, 0) is 30.5 Å². The maximum absolute atomic E-state index is 12.3. The molecule has 0 aliphatic heterocycles. The van der Waals surface area contributed by atoms with E-state index in [2.05, 4.69) is 4.72 Å². The van der Waals surface area contributed by atoms with Gasteiger partial charge in [-0.3, -0.25) is 4.72 Å². The van der Waals surface area contributed by atoms with Crippen LogP contribution in [0, 0.1) is 6.92 Å². The highest BCUT2D eigenvalue weighted by Gasteiger charge is 2.22. The highest BCUT2D eigenvalue weighted by atomic mass is 32.2. The standard InChI is InChI=1S/C14H11NO5S2/c1-8-12-9(15-22(18,19)11-6-3-7-21-11)4-2-5-10(12)20-13(8)14(16)17/h2-7,15H,1H3,(H,16,17). The number of rotatable bonds is 4. The number of carboxylic acid groups (broad SMARTS) is 1. The SMILES string of the molecule is Cc1c(C(=O)O)oc2cccc(NS(=O)(=O)c3cccs3)c12. The molecule has 8 heteroatoms. The molecule has 0 atom stereocenters. The van der Waals surface area contributed by atoms with Gasteiger partial charge in [-0.15, -0.1) is 11.3 Å². The Morgan fingerprint density at radius 3 is 2.68 bits per heavy atom. The number of furan rings is 1. The Balaban J connectivity index is 2.14. The van der Waals surface area contributed by atoms with Gasteiger partial charge in [-0.25, -0.2) is 13.2 Å². The number of benzene rings is 1. The van der Waals surface area contributed by atoms with Crippen molar-refractivity contribution in [3.63, 3.8) is 0 Å². The van der Waals surface area contributed by atoms with Gasteiger partial charge in [0.05, 0.1) is 5.69 Å². The van der Waals surface area contributed by atoms with Gasteiger partial charge in [0.2, 0.25) is 5.76 Å². The van der Waals surface area contributed by atoms with Crippen molar-refractivity contribution in [2.45, 2.75) is 11.1 Å². The highest BCUT2D eigenvalue weighted by molar-refractivity contribution is 7.94. The maximum atomic E-state index is 12.3. The summed E-state index contributed by atoms with van der Waals surface area (Å²) in [5, 5.41) is 11.2. The molecule has 2 heterocycles. The van der Waals surface area contributed by atoms with Crippen molar-refractivity contribution >= 4 is 44.0 Å². The summed E-state index contributed by atoms with van der Waals surface area (Å²) in [7, 11) is -3.71. The van der Waals surface area contributed by atoms with Gasteiger partial charge in [-0.2, -0.15) is 0 Å². The van der Waals surface area contributed by atoms with Crippen LogP contribution in [-0.2, 0) is 10.0 Å². The number of anilines is 1. The van der Waals surface area contributed by atoms with E-state index in [1.54, 1.807) is 36.6 Å². The lowest BCUT2D eigenvalue weighted by atomic mass is 10.1. The summed E-state index contributed by atoms with van der Waals surface area (Å²) in [6, 6.07) is 7.91. The zero-order chi connectivity index (χ0) is 15.9. The van der Waals surface area contributed by atoms with E-state index >= 15 is 0 Å². The second-order valence-corrected chi connectivity index (χ2v) is 7.43. The first-order valence-corrected chi connectivity index (χ1v) is 8.58. The fourth-order valence-corrected chi connectivity index (χ4v) is 4.27. The molecule has 0 unspecified atom stereocenters. The van der Waals surface area contributed by atoms with Crippen molar-refractivity contribution in [2.24, 2.45) is 0 Å². The molecule has 0 aliphatic rings. The number of nitrogens with one attached hydrogen (secondary N) is 1. The van der Waals surface area contributed by atoms with Gasteiger partial charge >= 0.3 is 5.97 Å². The van der Waals surface area contributed by atoms with E-state index in [0.717, 1.165) is 11.3 Å². The van der Waals surface area contributed by atoms with E-state index in [9.17, 15) is 13.2 Å². The Kier molecular flexibility index (Phi) is 3.42. The quantitative estimate of drug-likeness (QED) is 0.761. The second-order valence-electron chi connectivity index (χ2n) is 4.58. The third kappa shape index (κ3) is 2.36. The molecule has 0 saturated carbocycles. The molecule has 2 N–H and O–H groups in total. The summed E-state index contributed by atoms with van der Waals surface area (Å²) < 4.78 is 32.6. The topological polar surface area (TPSA) is 96.6 Å². The summed E-state index contributed by atoms with van der Waals surface area (Å²) in [5.41, 5.74) is 0.993. The van der Waals surface area contributed by atoms with Crippen molar-refractivity contribution in [1.29, 1.82) is 0 Å². The van der Waals surface area contributed by atoms with E-state index < -0.39 is 16.0 Å². The van der Waals surface area contributed by atoms with Crippen LogP contribution in [0.2, 0.25) is 0 Å². The predicted octanol–water partition coefficient (Wildman–Crippen LogP) is 3.30. The zero-order valence-electron chi connectivity index (χ0n) is 11.4. The van der Waals surface area contributed by atoms with Gasteiger partial charge in [-0.1, -0.05) is 12.1 Å². The fraction of sp³-hybridized carbons (Fsp3) is 0.0714. The summed E-state index contributed by atoms with van der Waals surface area (Å²) >= 11 is 1.10. The van der Waals surface area contributed by atoms with E-state index in [-0.39, 0.29) is 9.97 Å². The van der Waals surface area contributed by atoms with Crippen LogP contribution in [0.4, 0.5) is 5.69 Å². The zero-order valence-corrected chi connectivity index (χ0v) is 13.0. The van der Waals surface area contributed by atoms with Gasteiger partial charge in [0.1, 0.15) is 9.79 Å². The lowest BCUT2D eigenvalue weighted by molar-refractivity contribution is 0.0664. The number of hydrogen-bond acceptors (Lipinski definition) is 5. The average Bonchev–Trinajstić information content (AvgIpc) is 3.07. The number of thiophene rings is 1. The molecular weight excluding hydrogens is 326 g/mol. The number of carboxylic acids is 1. The first-order valence-electron chi connectivity index (χ1n) is 6.22. The molecule has 0 radical (unpaired) electrons. The molecule has 0 amide bonds. The maximum Gasteiger partial charge on any atom is 0.372 e. The fourth-order valence-electron chi connectivity index (χ4n) is 2.20. The predicted molar refractivity (Wildman–Crippen MR) is 83.0 cm³/mol. The van der Waals surface area contributed by atoms with Gasteiger partial charge in [0.25, 0.3) is 10.0 Å². The third-order valence-corrected chi connectivity index (χ3v) is 5.92. The molecule has 6 nitrogen and oxygen atoms in total. The van der Waals surface area contributed by atoms with Gasteiger partial charge in [0, 0.05) is 10.9 Å². The molecular formula is C14H11NO5S2. The summed E-state index contributed by atoms with van der Waals surface area (Å²) in [6.45, 7) is 1.58. The number of hydrogen-bond donors (Lipinski definition) is 2. The monoisotopic (exact) mass is 337 g/mol. The molecule has 0 spiro atoms. The number of aromatic carboxylic acids is 1. The molecule has 2 aromatic heterocycles. The number of carbonyl (C=O) groups is 1. The van der Waals surface area contributed by atoms with E-state index in [1.807, 2.05) is 0 Å². The van der Waals surface area contributed by atoms with Crippen molar-refractivity contribution < 1.29 is 22.7 Å². The van der Waals surface area contributed by atoms with Gasteiger partial charge < -0.3 is 9.52 Å². The van der Waals surface area contributed by atoms with Crippen molar-refractivity contribution in [2.75, 3.05) is 4.72 Å². The van der Waals surface area contributed by atoms with E-state index in [0.29, 0.717) is 22.2 Å². The molecule has 3 aromatic rings. The normalized spacial score (nSPS) is 11.7. The van der Waals surface area contributed by atoms with Crippen LogP contribution in [0.15, 0.2) is 44.3 Å². The number of fused-ring (bicyclic) bond motifs is 1. The molecule has 0 bridgehead atoms. The Morgan fingerprint density at radius 1 is 1.27 bits per heavy atom. The van der Waals surface area contributed by atoms with E-state index in [4.69, 9.17) is 9.52 Å². The Bertz CT molecular complexity index is 955. The van der Waals surface area contributed by atoms with Gasteiger partial charge in [0.15, 0.2) is 0 Å². The van der Waals surface area contributed by atoms with Crippen molar-refractivity contribution in [1.82, 2.24) is 0 Å². The minimum absolute atomic E-state index is 0.184.